The van der Waals surface area contributed by atoms with Gasteiger partial charge >= 0.3 is 5.97 Å². The molecule has 0 N–H and O–H groups in total. The van der Waals surface area contributed by atoms with Crippen molar-refractivity contribution in [3.63, 3.8) is 0 Å². The molecule has 1 aliphatic rings. The number of aryl methyl sites for hydroxylation is 2. The van der Waals surface area contributed by atoms with E-state index >= 15 is 0 Å². The fourth-order valence-corrected chi connectivity index (χ4v) is 5.05. The number of halogens is 1. The van der Waals surface area contributed by atoms with Crippen LogP contribution in [0.5, 0.6) is 0 Å². The molecule has 1 aromatic carbocycles. The van der Waals surface area contributed by atoms with Gasteiger partial charge in [-0.2, -0.15) is 0 Å². The molecule has 0 amide bonds. The first-order chi connectivity index (χ1) is 13.6. The lowest BCUT2D eigenvalue weighted by Gasteiger charge is -2.13. The smallest absolute Gasteiger partial charge is 0.305 e. The number of hydrogen-bond acceptors (Lipinski definition) is 5. The van der Waals surface area contributed by atoms with Crippen LogP contribution in [0, 0.1) is 5.82 Å². The predicted octanol–water partition coefficient (Wildman–Crippen LogP) is 3.63. The molecule has 2 aromatic heterocycles. The van der Waals surface area contributed by atoms with Crippen molar-refractivity contribution >= 4 is 27.5 Å². The average Bonchev–Trinajstić information content (AvgIpc) is 3.26. The number of hydrogen-bond donors (Lipinski definition) is 0. The lowest BCUT2D eigenvalue weighted by atomic mass is 10.1. The SMILES string of the molecule is COC(=O)CCCn1c(Cc2ccccc2F)nc2sc3c(c2c1=O)CCC3. The molecular formula is C21H21FN2O3S. The Morgan fingerprint density at radius 2 is 2.14 bits per heavy atom. The van der Waals surface area contributed by atoms with Crippen LogP contribution in [0.15, 0.2) is 29.1 Å². The molecule has 1 aliphatic carbocycles. The molecule has 28 heavy (non-hydrogen) atoms. The second-order valence-corrected chi connectivity index (χ2v) is 8.05. The van der Waals surface area contributed by atoms with Crippen molar-refractivity contribution in [2.75, 3.05) is 7.11 Å². The summed E-state index contributed by atoms with van der Waals surface area (Å²) in [6.07, 6.45) is 3.88. The number of benzene rings is 1. The largest absolute Gasteiger partial charge is 0.469 e. The molecule has 0 aliphatic heterocycles. The maximum atomic E-state index is 14.2. The molecule has 5 nitrogen and oxygen atoms in total. The molecule has 3 aromatic rings. The van der Waals surface area contributed by atoms with Gasteiger partial charge in [0.2, 0.25) is 0 Å². The first-order valence-corrected chi connectivity index (χ1v) is 10.2. The summed E-state index contributed by atoms with van der Waals surface area (Å²) in [5, 5.41) is 0.702. The summed E-state index contributed by atoms with van der Waals surface area (Å²) in [4.78, 5) is 31.5. The molecular weight excluding hydrogens is 379 g/mol. The molecule has 0 bridgehead atoms. The molecule has 2 heterocycles. The lowest BCUT2D eigenvalue weighted by Crippen LogP contribution is -2.26. The molecule has 0 saturated heterocycles. The van der Waals surface area contributed by atoms with Gasteiger partial charge in [-0.25, -0.2) is 9.37 Å². The number of methoxy groups -OCH3 is 1. The topological polar surface area (TPSA) is 61.2 Å². The monoisotopic (exact) mass is 400 g/mol. The molecule has 4 rings (SSSR count). The summed E-state index contributed by atoms with van der Waals surface area (Å²) in [5.74, 6) is -0.0896. The summed E-state index contributed by atoms with van der Waals surface area (Å²) >= 11 is 1.58. The Morgan fingerprint density at radius 1 is 1.32 bits per heavy atom. The van der Waals surface area contributed by atoms with Crippen LogP contribution in [-0.2, 0) is 35.3 Å². The van der Waals surface area contributed by atoms with Gasteiger partial charge in [-0.3, -0.25) is 14.2 Å². The van der Waals surface area contributed by atoms with E-state index in [4.69, 9.17) is 4.98 Å². The zero-order chi connectivity index (χ0) is 19.7. The number of carbonyl (C=O) groups is 1. The van der Waals surface area contributed by atoms with E-state index in [0.29, 0.717) is 29.7 Å². The van der Waals surface area contributed by atoms with Crippen molar-refractivity contribution in [1.82, 2.24) is 9.55 Å². The van der Waals surface area contributed by atoms with Crippen LogP contribution < -0.4 is 5.56 Å². The van der Waals surface area contributed by atoms with E-state index in [2.05, 4.69) is 4.74 Å². The first kappa shape index (κ1) is 18.8. The highest BCUT2D eigenvalue weighted by Crippen LogP contribution is 2.35. The molecule has 0 unspecified atom stereocenters. The van der Waals surface area contributed by atoms with E-state index in [9.17, 15) is 14.0 Å². The third-order valence-electron chi connectivity index (χ3n) is 5.20. The van der Waals surface area contributed by atoms with Gasteiger partial charge in [0.25, 0.3) is 5.56 Å². The Balaban J connectivity index is 1.77. The van der Waals surface area contributed by atoms with E-state index in [1.807, 2.05) is 0 Å². The van der Waals surface area contributed by atoms with Crippen LogP contribution in [0.1, 0.15) is 41.1 Å². The van der Waals surface area contributed by atoms with Gasteiger partial charge in [0.05, 0.1) is 12.5 Å². The Kier molecular flexibility index (Phi) is 5.26. The Bertz CT molecular complexity index is 1100. The second kappa shape index (κ2) is 7.83. The summed E-state index contributed by atoms with van der Waals surface area (Å²) < 4.78 is 20.5. The Labute approximate surface area is 165 Å². The maximum absolute atomic E-state index is 14.2. The normalized spacial score (nSPS) is 13.1. The van der Waals surface area contributed by atoms with Gasteiger partial charge in [-0.15, -0.1) is 11.3 Å². The van der Waals surface area contributed by atoms with E-state index < -0.39 is 0 Å². The molecule has 146 valence electrons. The van der Waals surface area contributed by atoms with Crippen LogP contribution in [0.3, 0.4) is 0 Å². The molecule has 7 heteroatoms. The quantitative estimate of drug-likeness (QED) is 0.593. The van der Waals surface area contributed by atoms with Crippen molar-refractivity contribution in [2.24, 2.45) is 0 Å². The number of fused-ring (bicyclic) bond motifs is 3. The fourth-order valence-electron chi connectivity index (χ4n) is 3.78. The summed E-state index contributed by atoms with van der Waals surface area (Å²) in [7, 11) is 1.35. The van der Waals surface area contributed by atoms with Crippen molar-refractivity contribution in [3.05, 3.63) is 62.3 Å². The molecule has 0 saturated carbocycles. The minimum absolute atomic E-state index is 0.0828. The highest BCUT2D eigenvalue weighted by atomic mass is 32.1. The van der Waals surface area contributed by atoms with Gasteiger partial charge in [-0.1, -0.05) is 18.2 Å². The lowest BCUT2D eigenvalue weighted by molar-refractivity contribution is -0.140. The van der Waals surface area contributed by atoms with Gasteiger partial charge < -0.3 is 4.74 Å². The van der Waals surface area contributed by atoms with Crippen LogP contribution in [0.2, 0.25) is 0 Å². The zero-order valence-electron chi connectivity index (χ0n) is 15.7. The van der Waals surface area contributed by atoms with Gasteiger partial charge in [0, 0.05) is 24.3 Å². The number of thiophene rings is 1. The number of esters is 1. The van der Waals surface area contributed by atoms with Crippen LogP contribution in [-0.4, -0.2) is 22.6 Å². The van der Waals surface area contributed by atoms with E-state index in [-0.39, 0.29) is 30.2 Å². The van der Waals surface area contributed by atoms with Crippen molar-refractivity contribution < 1.29 is 13.9 Å². The van der Waals surface area contributed by atoms with Gasteiger partial charge in [0.1, 0.15) is 16.5 Å². The number of ether oxygens (including phenoxy) is 1. The standard InChI is InChI=1S/C21H21FN2O3S/c1-27-18(25)10-5-11-24-17(12-13-6-2-3-8-15(13)22)23-20-19(21(24)26)14-7-4-9-16(14)28-20/h2-3,6,8H,4-5,7,9-12H2,1H3. The number of rotatable bonds is 6. The van der Waals surface area contributed by atoms with Crippen LogP contribution in [0.4, 0.5) is 4.39 Å². The van der Waals surface area contributed by atoms with Gasteiger partial charge in [0.15, 0.2) is 0 Å². The molecule has 0 spiro atoms. The van der Waals surface area contributed by atoms with Gasteiger partial charge in [-0.05, 0) is 42.9 Å². The van der Waals surface area contributed by atoms with Crippen LogP contribution in [0.25, 0.3) is 10.2 Å². The predicted molar refractivity (Wildman–Crippen MR) is 106 cm³/mol. The summed E-state index contributed by atoms with van der Waals surface area (Å²) in [6, 6.07) is 6.53. The Morgan fingerprint density at radius 3 is 2.93 bits per heavy atom. The number of aromatic nitrogens is 2. The number of carbonyl (C=O) groups excluding carboxylic acids is 1. The van der Waals surface area contributed by atoms with Crippen molar-refractivity contribution in [3.8, 4) is 0 Å². The summed E-state index contributed by atoms with van der Waals surface area (Å²) in [5.41, 5.74) is 1.54. The highest BCUT2D eigenvalue weighted by molar-refractivity contribution is 7.18. The van der Waals surface area contributed by atoms with Crippen LogP contribution >= 0.6 is 11.3 Å². The third-order valence-corrected chi connectivity index (χ3v) is 6.39. The first-order valence-electron chi connectivity index (χ1n) is 9.42. The minimum Gasteiger partial charge on any atom is -0.469 e. The molecule has 0 radical (unpaired) electrons. The molecule has 0 fully saturated rings. The fraction of sp³-hybridized carbons (Fsp3) is 0.381. The molecule has 0 atom stereocenters. The van der Waals surface area contributed by atoms with E-state index in [1.54, 1.807) is 34.1 Å². The second-order valence-electron chi connectivity index (χ2n) is 6.97. The number of nitrogens with zero attached hydrogens (tertiary/aromatic N) is 2. The average molecular weight is 400 g/mol. The Hall–Kier alpha value is -2.54. The zero-order valence-corrected chi connectivity index (χ0v) is 16.5. The van der Waals surface area contributed by atoms with Crippen molar-refractivity contribution in [2.45, 2.75) is 45.1 Å². The minimum atomic E-state index is -0.313. The third kappa shape index (κ3) is 3.46. The van der Waals surface area contributed by atoms with E-state index in [1.165, 1.54) is 18.1 Å². The van der Waals surface area contributed by atoms with Crippen molar-refractivity contribution in [1.29, 1.82) is 0 Å². The highest BCUT2D eigenvalue weighted by Gasteiger charge is 2.23. The summed E-state index contributed by atoms with van der Waals surface area (Å²) in [6.45, 7) is 0.352. The maximum Gasteiger partial charge on any atom is 0.305 e. The van der Waals surface area contributed by atoms with E-state index in [0.717, 1.165) is 29.7 Å².